The Hall–Kier alpha value is -1.59. The number of aryl methyl sites for hydroxylation is 1. The second-order valence-electron chi connectivity index (χ2n) is 5.86. The fraction of sp³-hybridized carbons (Fsp3) is 0.588. The van der Waals surface area contributed by atoms with Gasteiger partial charge in [0.1, 0.15) is 0 Å². The van der Waals surface area contributed by atoms with E-state index in [-0.39, 0.29) is 0 Å². The number of hydrogen-bond donors (Lipinski definition) is 1. The molecule has 0 amide bonds. The molecular weight excluding hydrogens is 278 g/mol. The van der Waals surface area contributed by atoms with Crippen molar-refractivity contribution in [2.24, 2.45) is 0 Å². The van der Waals surface area contributed by atoms with Crippen molar-refractivity contribution in [3.05, 3.63) is 24.0 Å². The Morgan fingerprint density at radius 1 is 1.41 bits per heavy atom. The Bertz CT molecular complexity index is 618. The first kappa shape index (κ1) is 15.3. The average Bonchev–Trinajstić information content (AvgIpc) is 2.95. The van der Waals surface area contributed by atoms with Crippen LogP contribution < -0.4 is 10.1 Å². The number of rotatable bonds is 6. The van der Waals surface area contributed by atoms with Crippen molar-refractivity contribution in [3.63, 3.8) is 0 Å². The maximum atomic E-state index is 5.44. The predicted octanol–water partition coefficient (Wildman–Crippen LogP) is 2.55. The zero-order valence-electron chi connectivity index (χ0n) is 13.5. The molecule has 22 heavy (non-hydrogen) atoms. The molecule has 1 saturated heterocycles. The second-order valence-corrected chi connectivity index (χ2v) is 5.86. The molecule has 0 aromatic carbocycles. The lowest BCUT2D eigenvalue weighted by atomic mass is 9.96. The van der Waals surface area contributed by atoms with Gasteiger partial charge in [-0.3, -0.25) is 0 Å². The Kier molecular flexibility index (Phi) is 4.95. The van der Waals surface area contributed by atoms with Crippen molar-refractivity contribution in [2.45, 2.75) is 31.7 Å². The van der Waals surface area contributed by atoms with E-state index in [0.29, 0.717) is 11.8 Å². The van der Waals surface area contributed by atoms with Crippen LogP contribution in [0, 0.1) is 0 Å². The molecule has 0 bridgehead atoms. The van der Waals surface area contributed by atoms with Crippen LogP contribution in [-0.2, 0) is 11.3 Å². The lowest BCUT2D eigenvalue weighted by Crippen LogP contribution is -2.29. The molecule has 5 heteroatoms. The topological polar surface area (TPSA) is 48.3 Å². The maximum absolute atomic E-state index is 5.44. The van der Waals surface area contributed by atoms with E-state index in [0.717, 1.165) is 38.0 Å². The smallest absolute Gasteiger partial charge is 0.222 e. The van der Waals surface area contributed by atoms with E-state index in [1.807, 2.05) is 6.20 Å². The van der Waals surface area contributed by atoms with Crippen LogP contribution in [0.2, 0.25) is 0 Å². The van der Waals surface area contributed by atoms with Gasteiger partial charge in [0.2, 0.25) is 5.88 Å². The predicted molar refractivity (Wildman–Crippen MR) is 87.6 cm³/mol. The Morgan fingerprint density at radius 3 is 3.05 bits per heavy atom. The number of hydrogen-bond acceptors (Lipinski definition) is 4. The summed E-state index contributed by atoms with van der Waals surface area (Å²) in [6.45, 7) is 3.93. The molecule has 1 N–H and O–H groups in total. The minimum atomic E-state index is 0.563. The van der Waals surface area contributed by atoms with E-state index < -0.39 is 0 Å². The molecule has 0 unspecified atom stereocenters. The Labute approximate surface area is 131 Å². The summed E-state index contributed by atoms with van der Waals surface area (Å²) in [5, 5.41) is 4.63. The van der Waals surface area contributed by atoms with Crippen LogP contribution in [0.5, 0.6) is 5.88 Å². The van der Waals surface area contributed by atoms with Gasteiger partial charge in [0, 0.05) is 44.6 Å². The van der Waals surface area contributed by atoms with Crippen LogP contribution in [0.1, 0.15) is 30.9 Å². The molecule has 0 aliphatic carbocycles. The summed E-state index contributed by atoms with van der Waals surface area (Å²) in [6.07, 6.45) is 5.32. The lowest BCUT2D eigenvalue weighted by Gasteiger charge is -2.24. The first-order valence-corrected chi connectivity index (χ1v) is 8.07. The number of fused-ring (bicyclic) bond motifs is 1. The molecule has 1 atom stereocenters. The molecule has 2 aromatic heterocycles. The molecule has 0 spiro atoms. The normalized spacial score (nSPS) is 18.7. The van der Waals surface area contributed by atoms with Gasteiger partial charge in [-0.05, 0) is 37.9 Å². The van der Waals surface area contributed by atoms with Gasteiger partial charge in [-0.1, -0.05) is 0 Å². The lowest BCUT2D eigenvalue weighted by molar-refractivity contribution is 0.190. The summed E-state index contributed by atoms with van der Waals surface area (Å²) in [6, 6.07) is 4.36. The van der Waals surface area contributed by atoms with Crippen molar-refractivity contribution in [2.75, 3.05) is 33.9 Å². The fourth-order valence-corrected chi connectivity index (χ4v) is 3.40. The molecule has 0 saturated carbocycles. The number of ether oxygens (including phenoxy) is 2. The number of methoxy groups -OCH3 is 2. The van der Waals surface area contributed by atoms with E-state index in [1.165, 1.54) is 24.1 Å². The highest BCUT2D eigenvalue weighted by Crippen LogP contribution is 2.33. The van der Waals surface area contributed by atoms with E-state index in [9.17, 15) is 0 Å². The first-order chi connectivity index (χ1) is 10.8. The number of piperidine rings is 1. The van der Waals surface area contributed by atoms with Gasteiger partial charge in [-0.15, -0.1) is 0 Å². The third-order valence-corrected chi connectivity index (χ3v) is 4.46. The van der Waals surface area contributed by atoms with Crippen molar-refractivity contribution in [1.82, 2.24) is 14.9 Å². The van der Waals surface area contributed by atoms with E-state index >= 15 is 0 Å². The zero-order valence-corrected chi connectivity index (χ0v) is 13.5. The number of aromatic nitrogens is 2. The second kappa shape index (κ2) is 7.11. The highest BCUT2D eigenvalue weighted by Gasteiger charge is 2.22. The number of nitrogens with one attached hydrogen (secondary N) is 1. The highest BCUT2D eigenvalue weighted by atomic mass is 16.5. The van der Waals surface area contributed by atoms with Crippen molar-refractivity contribution in [1.29, 1.82) is 0 Å². The third-order valence-electron chi connectivity index (χ3n) is 4.46. The van der Waals surface area contributed by atoms with E-state index in [1.54, 1.807) is 14.2 Å². The van der Waals surface area contributed by atoms with Crippen molar-refractivity contribution >= 4 is 10.9 Å². The van der Waals surface area contributed by atoms with Crippen LogP contribution >= 0.6 is 0 Å². The SMILES string of the molecule is COCCCn1c([C@@H]2CCCNC2)cc2c(OC)nccc21. The molecule has 1 fully saturated rings. The number of pyridine rings is 1. The number of nitrogens with zero attached hydrogens (tertiary/aromatic N) is 2. The van der Waals surface area contributed by atoms with E-state index in [4.69, 9.17) is 9.47 Å². The first-order valence-electron chi connectivity index (χ1n) is 8.07. The van der Waals surface area contributed by atoms with Gasteiger partial charge in [0.05, 0.1) is 18.0 Å². The molecule has 2 aromatic rings. The van der Waals surface area contributed by atoms with Gasteiger partial charge in [0.15, 0.2) is 0 Å². The summed E-state index contributed by atoms with van der Waals surface area (Å²) < 4.78 is 13.1. The quantitative estimate of drug-likeness (QED) is 0.833. The standard InChI is InChI=1S/C17H25N3O2/c1-21-10-4-9-20-15-6-8-19-17(22-2)14(15)11-16(20)13-5-3-7-18-12-13/h6,8,11,13,18H,3-5,7,9-10,12H2,1-2H3/t13-/m1/s1. The van der Waals surface area contributed by atoms with Crippen LogP contribution in [0.3, 0.4) is 0 Å². The highest BCUT2D eigenvalue weighted by molar-refractivity contribution is 5.86. The molecule has 120 valence electrons. The van der Waals surface area contributed by atoms with Gasteiger partial charge in [0.25, 0.3) is 0 Å². The van der Waals surface area contributed by atoms with Crippen LogP contribution in [0.25, 0.3) is 10.9 Å². The maximum Gasteiger partial charge on any atom is 0.222 e. The monoisotopic (exact) mass is 303 g/mol. The van der Waals surface area contributed by atoms with Gasteiger partial charge < -0.3 is 19.4 Å². The zero-order chi connectivity index (χ0) is 15.4. The van der Waals surface area contributed by atoms with Gasteiger partial charge >= 0.3 is 0 Å². The minimum Gasteiger partial charge on any atom is -0.481 e. The molecule has 1 aliphatic heterocycles. The summed E-state index contributed by atoms with van der Waals surface area (Å²) in [5.41, 5.74) is 2.60. The molecule has 3 rings (SSSR count). The van der Waals surface area contributed by atoms with Crippen molar-refractivity contribution in [3.8, 4) is 5.88 Å². The summed E-state index contributed by atoms with van der Waals surface area (Å²) in [5.74, 6) is 1.28. The average molecular weight is 303 g/mol. The molecular formula is C17H25N3O2. The van der Waals surface area contributed by atoms with Crippen LogP contribution in [-0.4, -0.2) is 43.5 Å². The molecule has 3 heterocycles. The Balaban J connectivity index is 2.01. The summed E-state index contributed by atoms with van der Waals surface area (Å²) >= 11 is 0. The summed E-state index contributed by atoms with van der Waals surface area (Å²) in [7, 11) is 3.44. The van der Waals surface area contributed by atoms with Crippen LogP contribution in [0.4, 0.5) is 0 Å². The van der Waals surface area contributed by atoms with Crippen LogP contribution in [0.15, 0.2) is 18.3 Å². The molecule has 5 nitrogen and oxygen atoms in total. The largest absolute Gasteiger partial charge is 0.481 e. The minimum absolute atomic E-state index is 0.563. The molecule has 1 aliphatic rings. The van der Waals surface area contributed by atoms with Gasteiger partial charge in [-0.25, -0.2) is 4.98 Å². The fourth-order valence-electron chi connectivity index (χ4n) is 3.40. The van der Waals surface area contributed by atoms with Crippen molar-refractivity contribution < 1.29 is 9.47 Å². The van der Waals surface area contributed by atoms with E-state index in [2.05, 4.69) is 27.0 Å². The Morgan fingerprint density at radius 2 is 2.32 bits per heavy atom. The summed E-state index contributed by atoms with van der Waals surface area (Å²) in [4.78, 5) is 4.35. The van der Waals surface area contributed by atoms with Gasteiger partial charge in [-0.2, -0.15) is 0 Å². The third kappa shape index (κ3) is 2.96. The molecule has 0 radical (unpaired) electrons.